The highest BCUT2D eigenvalue weighted by molar-refractivity contribution is 5.93. The zero-order chi connectivity index (χ0) is 20.3. The van der Waals surface area contributed by atoms with Crippen LogP contribution >= 0.6 is 0 Å². The van der Waals surface area contributed by atoms with Crippen molar-refractivity contribution in [2.75, 3.05) is 11.9 Å². The Morgan fingerprint density at radius 1 is 1.21 bits per heavy atom. The molecule has 0 saturated heterocycles. The summed E-state index contributed by atoms with van der Waals surface area (Å²) in [5.74, 6) is -0.385. The lowest BCUT2D eigenvalue weighted by Crippen LogP contribution is -2.33. The summed E-state index contributed by atoms with van der Waals surface area (Å²) in [7, 11) is 0. The molecule has 7 heteroatoms. The number of anilines is 1. The van der Waals surface area contributed by atoms with E-state index in [-0.39, 0.29) is 12.1 Å². The smallest absolute Gasteiger partial charge is 0.410 e. The first-order valence-electron chi connectivity index (χ1n) is 9.44. The van der Waals surface area contributed by atoms with E-state index < -0.39 is 5.60 Å². The predicted molar refractivity (Wildman–Crippen MR) is 106 cm³/mol. The Morgan fingerprint density at radius 2 is 2.00 bits per heavy atom. The lowest BCUT2D eigenvalue weighted by atomic mass is 10.0. The van der Waals surface area contributed by atoms with Crippen LogP contribution in [0.5, 0.6) is 0 Å². The van der Waals surface area contributed by atoms with E-state index in [0.29, 0.717) is 37.6 Å². The summed E-state index contributed by atoms with van der Waals surface area (Å²) in [6, 6.07) is 7.85. The number of carbonyl (C=O) groups excluding carboxylic acids is 2. The maximum Gasteiger partial charge on any atom is 0.410 e. The number of rotatable bonds is 5. The Hall–Kier alpha value is -2.96. The van der Waals surface area contributed by atoms with Gasteiger partial charge in [0.15, 0.2) is 0 Å². The van der Waals surface area contributed by atoms with Crippen LogP contribution in [-0.4, -0.2) is 34.2 Å². The second kappa shape index (κ2) is 7.96. The van der Waals surface area contributed by atoms with Gasteiger partial charge in [0, 0.05) is 19.3 Å². The number of aromatic amines is 1. The molecule has 0 spiro atoms. The van der Waals surface area contributed by atoms with Crippen LogP contribution in [0.4, 0.5) is 10.5 Å². The van der Waals surface area contributed by atoms with Gasteiger partial charge in [0.25, 0.3) is 0 Å². The highest BCUT2D eigenvalue weighted by Crippen LogP contribution is 2.28. The molecule has 28 heavy (non-hydrogen) atoms. The van der Waals surface area contributed by atoms with Crippen LogP contribution in [0.25, 0.3) is 0 Å². The van der Waals surface area contributed by atoms with E-state index in [2.05, 4.69) is 10.3 Å². The molecule has 0 unspecified atom stereocenters. The number of fused-ring (bicyclic) bond motifs is 1. The molecule has 3 rings (SSSR count). The van der Waals surface area contributed by atoms with Crippen LogP contribution in [0.2, 0.25) is 0 Å². The molecule has 2 aromatic rings. The molecule has 150 valence electrons. The van der Waals surface area contributed by atoms with Crippen molar-refractivity contribution in [2.45, 2.75) is 52.9 Å². The van der Waals surface area contributed by atoms with E-state index in [1.54, 1.807) is 18.0 Å². The minimum Gasteiger partial charge on any atom is -0.461 e. The SMILES string of the molecule is CCOC(=O)c1[nH]ccc1NCc1cccc2c1CN(C(=O)OC(C)(C)C)C2. The van der Waals surface area contributed by atoms with Crippen LogP contribution in [0.1, 0.15) is 54.9 Å². The van der Waals surface area contributed by atoms with E-state index in [1.807, 2.05) is 45.0 Å². The number of nitrogens with one attached hydrogen (secondary N) is 2. The van der Waals surface area contributed by atoms with Crippen LogP contribution in [-0.2, 0) is 29.1 Å². The lowest BCUT2D eigenvalue weighted by Gasteiger charge is -2.24. The number of H-pyrrole nitrogens is 1. The summed E-state index contributed by atoms with van der Waals surface area (Å²) in [6.07, 6.45) is 1.40. The summed E-state index contributed by atoms with van der Waals surface area (Å²) < 4.78 is 10.6. The first-order chi connectivity index (χ1) is 13.3. The number of hydrogen-bond donors (Lipinski definition) is 2. The molecular weight excluding hydrogens is 358 g/mol. The third kappa shape index (κ3) is 4.47. The molecule has 0 aliphatic carbocycles. The van der Waals surface area contributed by atoms with Crippen molar-refractivity contribution in [1.82, 2.24) is 9.88 Å². The third-order valence-electron chi connectivity index (χ3n) is 4.43. The summed E-state index contributed by atoms with van der Waals surface area (Å²) in [5.41, 5.74) is 3.90. The Kier molecular flexibility index (Phi) is 5.63. The van der Waals surface area contributed by atoms with E-state index in [9.17, 15) is 9.59 Å². The first-order valence-corrected chi connectivity index (χ1v) is 9.44. The molecule has 0 radical (unpaired) electrons. The van der Waals surface area contributed by atoms with E-state index in [1.165, 1.54) is 0 Å². The summed E-state index contributed by atoms with van der Waals surface area (Å²) in [6.45, 7) is 9.28. The van der Waals surface area contributed by atoms with Crippen LogP contribution < -0.4 is 5.32 Å². The predicted octanol–water partition coefficient (Wildman–Crippen LogP) is 4.05. The number of benzene rings is 1. The largest absolute Gasteiger partial charge is 0.461 e. The van der Waals surface area contributed by atoms with Gasteiger partial charge in [-0.3, -0.25) is 4.90 Å². The topological polar surface area (TPSA) is 83.7 Å². The average molecular weight is 385 g/mol. The molecule has 0 bridgehead atoms. The van der Waals surface area contributed by atoms with Gasteiger partial charge in [-0.2, -0.15) is 0 Å². The average Bonchev–Trinajstić information content (AvgIpc) is 3.25. The first kappa shape index (κ1) is 19.8. The van der Waals surface area contributed by atoms with Gasteiger partial charge in [-0.15, -0.1) is 0 Å². The van der Waals surface area contributed by atoms with Crippen molar-refractivity contribution < 1.29 is 19.1 Å². The standard InChI is InChI=1S/C21H27N3O4/c1-5-27-19(25)18-17(9-10-22-18)23-11-14-7-6-8-15-12-24(13-16(14)15)20(26)28-21(2,3)4/h6-10,22-23H,5,11-13H2,1-4H3. The number of hydrogen-bond acceptors (Lipinski definition) is 5. The molecular formula is C21H27N3O4. The number of aromatic nitrogens is 1. The fourth-order valence-corrected chi connectivity index (χ4v) is 3.19. The Labute approximate surface area is 165 Å². The Balaban J connectivity index is 1.69. The minimum atomic E-state index is -0.520. The zero-order valence-electron chi connectivity index (χ0n) is 16.8. The van der Waals surface area contributed by atoms with E-state index in [4.69, 9.17) is 9.47 Å². The maximum atomic E-state index is 12.4. The lowest BCUT2D eigenvalue weighted by molar-refractivity contribution is 0.0241. The van der Waals surface area contributed by atoms with Gasteiger partial charge in [-0.05, 0) is 50.5 Å². The molecule has 7 nitrogen and oxygen atoms in total. The van der Waals surface area contributed by atoms with Crippen molar-refractivity contribution in [1.29, 1.82) is 0 Å². The summed E-state index contributed by atoms with van der Waals surface area (Å²) in [5, 5.41) is 3.29. The van der Waals surface area contributed by atoms with Crippen molar-refractivity contribution >= 4 is 17.7 Å². The van der Waals surface area contributed by atoms with Crippen LogP contribution in [0.15, 0.2) is 30.5 Å². The van der Waals surface area contributed by atoms with Crippen molar-refractivity contribution in [3.8, 4) is 0 Å². The molecule has 1 aliphatic rings. The normalized spacial score (nSPS) is 13.2. The highest BCUT2D eigenvalue weighted by atomic mass is 16.6. The number of esters is 1. The second-order valence-electron chi connectivity index (χ2n) is 7.73. The van der Waals surface area contributed by atoms with Crippen LogP contribution in [0, 0.1) is 0 Å². The highest BCUT2D eigenvalue weighted by Gasteiger charge is 2.29. The molecule has 1 amide bonds. The number of amides is 1. The van der Waals surface area contributed by atoms with Crippen molar-refractivity contribution in [2.24, 2.45) is 0 Å². The minimum absolute atomic E-state index is 0.308. The fourth-order valence-electron chi connectivity index (χ4n) is 3.19. The Bertz CT molecular complexity index is 867. The van der Waals surface area contributed by atoms with Gasteiger partial charge in [0.2, 0.25) is 0 Å². The monoisotopic (exact) mass is 385 g/mol. The van der Waals surface area contributed by atoms with Gasteiger partial charge in [0.1, 0.15) is 11.3 Å². The van der Waals surface area contributed by atoms with E-state index >= 15 is 0 Å². The van der Waals surface area contributed by atoms with Crippen LogP contribution in [0.3, 0.4) is 0 Å². The van der Waals surface area contributed by atoms with Gasteiger partial charge in [0.05, 0.1) is 18.8 Å². The van der Waals surface area contributed by atoms with Crippen molar-refractivity contribution in [3.05, 3.63) is 52.8 Å². The number of carbonyl (C=O) groups is 2. The molecule has 2 heterocycles. The molecule has 1 aromatic heterocycles. The molecule has 1 aliphatic heterocycles. The third-order valence-corrected chi connectivity index (χ3v) is 4.43. The van der Waals surface area contributed by atoms with Gasteiger partial charge < -0.3 is 19.8 Å². The molecule has 2 N–H and O–H groups in total. The fraction of sp³-hybridized carbons (Fsp3) is 0.429. The number of ether oxygens (including phenoxy) is 2. The van der Waals surface area contributed by atoms with Gasteiger partial charge in [-0.25, -0.2) is 9.59 Å². The number of nitrogens with zero attached hydrogens (tertiary/aromatic N) is 1. The van der Waals surface area contributed by atoms with Gasteiger partial charge in [-0.1, -0.05) is 18.2 Å². The Morgan fingerprint density at radius 3 is 2.71 bits per heavy atom. The van der Waals surface area contributed by atoms with Crippen molar-refractivity contribution in [3.63, 3.8) is 0 Å². The summed E-state index contributed by atoms with van der Waals surface area (Å²) >= 11 is 0. The second-order valence-corrected chi connectivity index (χ2v) is 7.73. The zero-order valence-corrected chi connectivity index (χ0v) is 16.8. The quantitative estimate of drug-likeness (QED) is 0.759. The van der Waals surface area contributed by atoms with E-state index in [0.717, 1.165) is 16.7 Å². The van der Waals surface area contributed by atoms with Gasteiger partial charge >= 0.3 is 12.1 Å². The summed E-state index contributed by atoms with van der Waals surface area (Å²) in [4.78, 5) is 29.0. The maximum absolute atomic E-state index is 12.4. The molecule has 0 fully saturated rings. The molecule has 1 aromatic carbocycles. The molecule has 0 atom stereocenters. The molecule has 0 saturated carbocycles.